The quantitative estimate of drug-likeness (QED) is 0.649. The molecule has 2 aromatic heterocycles. The van der Waals surface area contributed by atoms with Crippen LogP contribution in [0, 0.1) is 11.3 Å². The van der Waals surface area contributed by atoms with Gasteiger partial charge in [-0.1, -0.05) is 6.07 Å². The van der Waals surface area contributed by atoms with Gasteiger partial charge in [-0.25, -0.2) is 9.50 Å². The van der Waals surface area contributed by atoms with E-state index in [9.17, 15) is 23.2 Å². The van der Waals surface area contributed by atoms with E-state index in [1.54, 1.807) is 20.8 Å². The van der Waals surface area contributed by atoms with E-state index < -0.39 is 17.3 Å². The molecule has 0 unspecified atom stereocenters. The molecule has 0 radical (unpaired) electrons. The summed E-state index contributed by atoms with van der Waals surface area (Å²) in [4.78, 5) is 18.2. The number of hydrogen-bond acceptors (Lipinski definition) is 6. The third kappa shape index (κ3) is 3.33. The minimum Gasteiger partial charge on any atom is -0.382 e. The number of nitrogen functional groups attached to an aromatic ring is 1. The second-order valence-electron chi connectivity index (χ2n) is 8.04. The first-order chi connectivity index (χ1) is 15.0. The predicted molar refractivity (Wildman–Crippen MR) is 110 cm³/mol. The number of nitrogens with zero attached hydrogens (tertiary/aromatic N) is 5. The molecule has 0 saturated carbocycles. The third-order valence-electron chi connectivity index (χ3n) is 5.42. The van der Waals surface area contributed by atoms with Gasteiger partial charge in [0.15, 0.2) is 5.82 Å². The molecule has 2 N–H and O–H groups in total. The van der Waals surface area contributed by atoms with Crippen LogP contribution in [0.3, 0.4) is 0 Å². The van der Waals surface area contributed by atoms with Crippen molar-refractivity contribution in [2.45, 2.75) is 38.6 Å². The molecule has 1 aromatic carbocycles. The number of carbonyl (C=O) groups is 1. The Morgan fingerprint density at radius 2 is 2.03 bits per heavy atom. The number of nitriles is 1. The average Bonchev–Trinajstić information content (AvgIpc) is 3.13. The van der Waals surface area contributed by atoms with Gasteiger partial charge >= 0.3 is 6.18 Å². The lowest BCUT2D eigenvalue weighted by molar-refractivity contribution is -0.147. The predicted octanol–water partition coefficient (Wildman–Crippen LogP) is 3.40. The molecule has 11 heteroatoms. The molecule has 0 aliphatic carbocycles. The smallest absolute Gasteiger partial charge is 0.382 e. The van der Waals surface area contributed by atoms with Gasteiger partial charge in [-0.3, -0.25) is 4.79 Å². The van der Waals surface area contributed by atoms with Crippen molar-refractivity contribution in [3.05, 3.63) is 41.7 Å². The van der Waals surface area contributed by atoms with Gasteiger partial charge in [-0.15, -0.1) is 0 Å². The molecule has 1 aliphatic rings. The first kappa shape index (κ1) is 21.6. The lowest BCUT2D eigenvalue weighted by atomic mass is 9.99. The lowest BCUT2D eigenvalue weighted by Crippen LogP contribution is -2.58. The molecular formula is C21H19F3N6O2. The number of ether oxygens (including phenoxy) is 1. The van der Waals surface area contributed by atoms with Crippen molar-refractivity contribution in [1.82, 2.24) is 14.6 Å². The number of morpholine rings is 1. The minimum atomic E-state index is -4.68. The summed E-state index contributed by atoms with van der Waals surface area (Å²) < 4.78 is 47.7. The molecule has 3 aromatic rings. The van der Waals surface area contributed by atoms with Gasteiger partial charge in [0, 0.05) is 5.56 Å². The molecule has 0 spiro atoms. The Bertz CT molecular complexity index is 1280. The summed E-state index contributed by atoms with van der Waals surface area (Å²) in [6, 6.07) is 7.07. The molecular weight excluding hydrogens is 425 g/mol. The van der Waals surface area contributed by atoms with E-state index in [0.29, 0.717) is 5.56 Å². The minimum absolute atomic E-state index is 0.0970. The largest absolute Gasteiger partial charge is 0.418 e. The van der Waals surface area contributed by atoms with Crippen molar-refractivity contribution >= 4 is 22.9 Å². The molecule has 1 atom stereocenters. The van der Waals surface area contributed by atoms with E-state index in [1.165, 1.54) is 23.1 Å². The van der Waals surface area contributed by atoms with E-state index >= 15 is 0 Å². The number of alkyl halides is 3. The fourth-order valence-corrected chi connectivity index (χ4v) is 3.78. The van der Waals surface area contributed by atoms with E-state index in [1.807, 2.05) is 6.07 Å². The molecule has 166 valence electrons. The Kier molecular flexibility index (Phi) is 4.86. The fraction of sp³-hybridized carbons (Fsp3) is 0.333. The fourth-order valence-electron chi connectivity index (χ4n) is 3.78. The molecule has 1 aliphatic heterocycles. The van der Waals surface area contributed by atoms with Crippen LogP contribution < -0.4 is 10.6 Å². The normalized spacial score (nSPS) is 18.7. The highest BCUT2D eigenvalue weighted by Gasteiger charge is 2.42. The van der Waals surface area contributed by atoms with Gasteiger partial charge in [-0.05, 0) is 39.0 Å². The maximum absolute atomic E-state index is 13.7. The number of anilines is 2. The number of rotatable bonds is 2. The Labute approximate surface area is 181 Å². The average molecular weight is 444 g/mol. The van der Waals surface area contributed by atoms with E-state index in [2.05, 4.69) is 10.1 Å². The van der Waals surface area contributed by atoms with Gasteiger partial charge in [0.2, 0.25) is 0 Å². The van der Waals surface area contributed by atoms with Crippen LogP contribution in [0.2, 0.25) is 0 Å². The zero-order chi connectivity index (χ0) is 23.4. The molecule has 4 rings (SSSR count). The summed E-state index contributed by atoms with van der Waals surface area (Å²) >= 11 is 0. The summed E-state index contributed by atoms with van der Waals surface area (Å²) in [5.74, 6) is -0.668. The maximum atomic E-state index is 13.7. The second kappa shape index (κ2) is 7.20. The van der Waals surface area contributed by atoms with E-state index in [0.717, 1.165) is 16.9 Å². The zero-order valence-electron chi connectivity index (χ0n) is 17.4. The van der Waals surface area contributed by atoms with Gasteiger partial charge in [0.05, 0.1) is 35.2 Å². The van der Waals surface area contributed by atoms with Gasteiger partial charge in [0.1, 0.15) is 23.5 Å². The monoisotopic (exact) mass is 444 g/mol. The van der Waals surface area contributed by atoms with Crippen LogP contribution in [-0.4, -0.2) is 38.8 Å². The summed E-state index contributed by atoms with van der Waals surface area (Å²) in [6.07, 6.45) is -3.62. The molecule has 8 nitrogen and oxygen atoms in total. The number of halogens is 3. The van der Waals surface area contributed by atoms with Crippen LogP contribution in [0.4, 0.5) is 24.7 Å². The van der Waals surface area contributed by atoms with Gasteiger partial charge in [-0.2, -0.15) is 23.5 Å². The van der Waals surface area contributed by atoms with Crippen molar-refractivity contribution < 1.29 is 22.7 Å². The highest BCUT2D eigenvalue weighted by molar-refractivity contribution is 6.01. The Morgan fingerprint density at radius 1 is 1.31 bits per heavy atom. The SMILES string of the molecule is C[C@H]1COC(C)(C)C(=O)N1c1cc(-c2cc(C(F)(F)F)c3c(N)ncnn23)ccc1C#N. The van der Waals surface area contributed by atoms with Crippen LogP contribution in [0.1, 0.15) is 31.9 Å². The molecule has 1 fully saturated rings. The number of hydrogen-bond donors (Lipinski definition) is 1. The van der Waals surface area contributed by atoms with Crippen LogP contribution in [0.15, 0.2) is 30.6 Å². The van der Waals surface area contributed by atoms with Crippen molar-refractivity contribution in [1.29, 1.82) is 5.26 Å². The molecule has 1 amide bonds. The first-order valence-electron chi connectivity index (χ1n) is 9.67. The zero-order valence-corrected chi connectivity index (χ0v) is 17.4. The van der Waals surface area contributed by atoms with Crippen LogP contribution in [-0.2, 0) is 15.7 Å². The van der Waals surface area contributed by atoms with Crippen molar-refractivity contribution in [3.63, 3.8) is 0 Å². The highest BCUT2D eigenvalue weighted by atomic mass is 19.4. The molecule has 1 saturated heterocycles. The number of carbonyl (C=O) groups excluding carboxylic acids is 1. The molecule has 3 heterocycles. The number of aromatic nitrogens is 3. The Morgan fingerprint density at radius 3 is 2.69 bits per heavy atom. The number of fused-ring (bicyclic) bond motifs is 1. The second-order valence-corrected chi connectivity index (χ2v) is 8.04. The number of amides is 1. The maximum Gasteiger partial charge on any atom is 0.418 e. The molecule has 0 bridgehead atoms. The first-order valence-corrected chi connectivity index (χ1v) is 9.67. The molecule has 32 heavy (non-hydrogen) atoms. The van der Waals surface area contributed by atoms with Gasteiger partial charge < -0.3 is 15.4 Å². The van der Waals surface area contributed by atoms with Crippen molar-refractivity contribution in [2.24, 2.45) is 0 Å². The van der Waals surface area contributed by atoms with Crippen molar-refractivity contribution in [3.8, 4) is 17.3 Å². The summed E-state index contributed by atoms with van der Waals surface area (Å²) in [6.45, 7) is 5.26. The Balaban J connectivity index is 1.95. The number of nitrogens with two attached hydrogens (primary N) is 1. The third-order valence-corrected chi connectivity index (χ3v) is 5.42. The lowest BCUT2D eigenvalue weighted by Gasteiger charge is -2.41. The highest BCUT2D eigenvalue weighted by Crippen LogP contribution is 2.40. The number of benzene rings is 1. The van der Waals surface area contributed by atoms with Crippen LogP contribution in [0.25, 0.3) is 16.8 Å². The summed E-state index contributed by atoms with van der Waals surface area (Å²) in [5.41, 5.74) is 4.18. The van der Waals surface area contributed by atoms with E-state index in [4.69, 9.17) is 10.5 Å². The van der Waals surface area contributed by atoms with Crippen molar-refractivity contribution in [2.75, 3.05) is 17.2 Å². The standard InChI is InChI=1S/C21H19F3N6O2/c1-11-9-32-20(2,3)19(31)29(11)15-6-12(4-5-13(15)8-25)16-7-14(21(22,23)24)17-18(26)27-10-28-30(16)17/h4-7,10-11H,9H2,1-3H3,(H2,26,27,28)/t11-/m0/s1. The Hall–Kier alpha value is -3.65. The van der Waals surface area contributed by atoms with Crippen LogP contribution in [0.5, 0.6) is 0 Å². The van der Waals surface area contributed by atoms with Crippen LogP contribution >= 0.6 is 0 Å². The summed E-state index contributed by atoms with van der Waals surface area (Å²) in [5, 5.41) is 13.6. The van der Waals surface area contributed by atoms with E-state index in [-0.39, 0.29) is 46.8 Å². The van der Waals surface area contributed by atoms with Gasteiger partial charge in [0.25, 0.3) is 5.91 Å². The summed E-state index contributed by atoms with van der Waals surface area (Å²) in [7, 11) is 0. The topological polar surface area (TPSA) is 110 Å².